The fraction of sp³-hybridized carbons (Fsp3) is 0.250. The van der Waals surface area contributed by atoms with Crippen molar-refractivity contribution in [3.63, 3.8) is 0 Å². The van der Waals surface area contributed by atoms with Crippen LogP contribution in [-0.2, 0) is 0 Å². The number of aryl methyl sites for hydroxylation is 2. The van der Waals surface area contributed by atoms with Crippen molar-refractivity contribution in [1.82, 2.24) is 0 Å². The summed E-state index contributed by atoms with van der Waals surface area (Å²) in [5.74, 6) is 1.81. The van der Waals surface area contributed by atoms with Gasteiger partial charge in [-0.05, 0) is 25.0 Å². The van der Waals surface area contributed by atoms with Crippen LogP contribution in [0.25, 0.3) is 0 Å². The average molecular weight is 148 g/mol. The van der Waals surface area contributed by atoms with Gasteiger partial charge in [-0.25, -0.2) is 0 Å². The Morgan fingerprint density at radius 2 is 1.45 bits per heavy atom. The normalized spacial score (nSPS) is 12.9. The Labute approximate surface area is 66.4 Å². The van der Waals surface area contributed by atoms with Crippen LogP contribution in [0.1, 0.15) is 11.1 Å². The maximum Gasteiger partial charge on any atom is 0.576 e. The second-order valence-corrected chi connectivity index (χ2v) is 2.76. The van der Waals surface area contributed by atoms with E-state index in [2.05, 4.69) is 0 Å². The minimum Gasteiger partial charge on any atom is -0.526 e. The lowest BCUT2D eigenvalue weighted by Crippen LogP contribution is -2.00. The van der Waals surface area contributed by atoms with E-state index in [0.717, 1.165) is 22.6 Å². The Morgan fingerprint density at radius 3 is 1.91 bits per heavy atom. The van der Waals surface area contributed by atoms with Crippen molar-refractivity contribution < 1.29 is 9.31 Å². The molecule has 2 rings (SSSR count). The maximum atomic E-state index is 5.29. The molecule has 1 aliphatic rings. The zero-order valence-corrected chi connectivity index (χ0v) is 6.68. The average Bonchev–Trinajstić information content (AvgIpc) is 2.45. The van der Waals surface area contributed by atoms with Gasteiger partial charge in [0.05, 0.1) is 0 Å². The van der Waals surface area contributed by atoms with E-state index in [0.29, 0.717) is 7.69 Å². The predicted molar refractivity (Wildman–Crippen MR) is 44.3 cm³/mol. The van der Waals surface area contributed by atoms with Crippen LogP contribution < -0.4 is 9.31 Å². The third-order valence-corrected chi connectivity index (χ3v) is 1.91. The molecule has 0 radical (unpaired) electrons. The zero-order chi connectivity index (χ0) is 7.84. The fourth-order valence-corrected chi connectivity index (χ4v) is 1.27. The number of hydrogen-bond acceptors (Lipinski definition) is 2. The van der Waals surface area contributed by atoms with Crippen molar-refractivity contribution in [2.24, 2.45) is 0 Å². The van der Waals surface area contributed by atoms with Crippen molar-refractivity contribution >= 4 is 7.69 Å². The molecule has 0 N–H and O–H groups in total. The molecule has 0 unspecified atom stereocenters. The predicted octanol–water partition coefficient (Wildman–Crippen LogP) is 1.34. The van der Waals surface area contributed by atoms with Gasteiger partial charge in [-0.15, -0.1) is 0 Å². The van der Waals surface area contributed by atoms with Crippen LogP contribution in [-0.4, -0.2) is 7.69 Å². The molecule has 11 heavy (non-hydrogen) atoms. The third kappa shape index (κ3) is 0.879. The summed E-state index contributed by atoms with van der Waals surface area (Å²) in [4.78, 5) is 0. The first kappa shape index (κ1) is 6.59. The van der Waals surface area contributed by atoms with Crippen molar-refractivity contribution in [1.29, 1.82) is 0 Å². The summed E-state index contributed by atoms with van der Waals surface area (Å²) in [5.41, 5.74) is 2.28. The molecule has 1 heterocycles. The Hall–Kier alpha value is -1.12. The molecule has 0 bridgehead atoms. The summed E-state index contributed by atoms with van der Waals surface area (Å²) in [6, 6.07) is 4.09. The largest absolute Gasteiger partial charge is 0.576 e. The first-order valence-corrected chi connectivity index (χ1v) is 3.65. The van der Waals surface area contributed by atoms with Gasteiger partial charge in [-0.3, -0.25) is 0 Å². The van der Waals surface area contributed by atoms with Crippen LogP contribution in [0, 0.1) is 13.8 Å². The van der Waals surface area contributed by atoms with Gasteiger partial charge < -0.3 is 9.31 Å². The molecule has 2 nitrogen and oxygen atoms in total. The van der Waals surface area contributed by atoms with Gasteiger partial charge in [-0.2, -0.15) is 0 Å². The van der Waals surface area contributed by atoms with Gasteiger partial charge in [0.25, 0.3) is 0 Å². The Kier molecular flexibility index (Phi) is 1.31. The highest BCUT2D eigenvalue weighted by atomic mass is 16.6. The van der Waals surface area contributed by atoms with Gasteiger partial charge in [-0.1, -0.05) is 12.1 Å². The van der Waals surface area contributed by atoms with E-state index in [1.807, 2.05) is 26.0 Å². The molecule has 0 amide bonds. The second-order valence-electron chi connectivity index (χ2n) is 2.76. The van der Waals surface area contributed by atoms with E-state index in [9.17, 15) is 0 Å². The highest BCUT2D eigenvalue weighted by Crippen LogP contribution is 2.37. The standard InChI is InChI=1S/C8H9BO2/c1-5-3-4-6(2)8-7(5)10-9-11-8/h3-4,9H,1-2H3. The van der Waals surface area contributed by atoms with Gasteiger partial charge in [0.1, 0.15) is 11.5 Å². The lowest BCUT2D eigenvalue weighted by atomic mass is 10.1. The van der Waals surface area contributed by atoms with Crippen LogP contribution in [0.4, 0.5) is 0 Å². The first-order chi connectivity index (χ1) is 5.29. The topological polar surface area (TPSA) is 18.5 Å². The van der Waals surface area contributed by atoms with Crippen molar-refractivity contribution in [2.45, 2.75) is 13.8 Å². The van der Waals surface area contributed by atoms with E-state index < -0.39 is 0 Å². The van der Waals surface area contributed by atoms with Crippen LogP contribution in [0.15, 0.2) is 12.1 Å². The van der Waals surface area contributed by atoms with Gasteiger partial charge in [0.15, 0.2) is 0 Å². The van der Waals surface area contributed by atoms with Crippen molar-refractivity contribution in [2.75, 3.05) is 0 Å². The molecule has 1 aromatic carbocycles. The molecular formula is C8H9BO2. The van der Waals surface area contributed by atoms with Gasteiger partial charge in [0.2, 0.25) is 0 Å². The summed E-state index contributed by atoms with van der Waals surface area (Å²) in [6.45, 7) is 4.04. The van der Waals surface area contributed by atoms with Crippen molar-refractivity contribution in [3.8, 4) is 11.5 Å². The van der Waals surface area contributed by atoms with E-state index in [1.165, 1.54) is 0 Å². The summed E-state index contributed by atoms with van der Waals surface area (Å²) >= 11 is 0. The maximum absolute atomic E-state index is 5.29. The number of fused-ring (bicyclic) bond motifs is 1. The number of hydrogen-bond donors (Lipinski definition) is 0. The minimum absolute atomic E-state index is 0.362. The van der Waals surface area contributed by atoms with Crippen LogP contribution >= 0.6 is 0 Å². The molecule has 0 fully saturated rings. The SMILES string of the molecule is Cc1ccc(C)c2c1OBO2. The minimum atomic E-state index is 0.362. The fourth-order valence-electron chi connectivity index (χ4n) is 1.27. The molecular weight excluding hydrogens is 139 g/mol. The summed E-state index contributed by atoms with van der Waals surface area (Å²) in [6.07, 6.45) is 0. The third-order valence-electron chi connectivity index (χ3n) is 1.91. The summed E-state index contributed by atoms with van der Waals surface area (Å²) in [7, 11) is 0.362. The van der Waals surface area contributed by atoms with E-state index >= 15 is 0 Å². The van der Waals surface area contributed by atoms with Crippen LogP contribution in [0.5, 0.6) is 11.5 Å². The summed E-state index contributed by atoms with van der Waals surface area (Å²) < 4.78 is 10.6. The Balaban J connectivity index is 2.64. The van der Waals surface area contributed by atoms with Crippen molar-refractivity contribution in [3.05, 3.63) is 23.3 Å². The van der Waals surface area contributed by atoms with Gasteiger partial charge in [0, 0.05) is 0 Å². The molecule has 0 saturated carbocycles. The number of rotatable bonds is 0. The van der Waals surface area contributed by atoms with Crippen LogP contribution in [0.3, 0.4) is 0 Å². The lowest BCUT2D eigenvalue weighted by Gasteiger charge is -2.03. The molecule has 1 aliphatic heterocycles. The highest BCUT2D eigenvalue weighted by Gasteiger charge is 2.18. The monoisotopic (exact) mass is 148 g/mol. The van der Waals surface area contributed by atoms with E-state index in [1.54, 1.807) is 0 Å². The smallest absolute Gasteiger partial charge is 0.526 e. The van der Waals surface area contributed by atoms with Crippen LogP contribution in [0.2, 0.25) is 0 Å². The number of benzene rings is 1. The summed E-state index contributed by atoms with van der Waals surface area (Å²) in [5, 5.41) is 0. The zero-order valence-electron chi connectivity index (χ0n) is 6.68. The van der Waals surface area contributed by atoms with E-state index in [-0.39, 0.29) is 0 Å². The molecule has 0 saturated heterocycles. The Bertz CT molecular complexity index is 267. The highest BCUT2D eigenvalue weighted by molar-refractivity contribution is 6.23. The first-order valence-electron chi connectivity index (χ1n) is 3.65. The van der Waals surface area contributed by atoms with Gasteiger partial charge >= 0.3 is 7.69 Å². The molecule has 0 atom stereocenters. The van der Waals surface area contributed by atoms with E-state index in [4.69, 9.17) is 9.31 Å². The quantitative estimate of drug-likeness (QED) is 0.517. The lowest BCUT2D eigenvalue weighted by molar-refractivity contribution is 0.539. The molecule has 3 heteroatoms. The Morgan fingerprint density at radius 1 is 1.00 bits per heavy atom. The second kappa shape index (κ2) is 2.19. The molecule has 0 aromatic heterocycles. The molecule has 0 aliphatic carbocycles. The molecule has 0 spiro atoms. The molecule has 1 aromatic rings. The molecule has 56 valence electrons.